The molecule has 0 aliphatic rings. The maximum Gasteiger partial charge on any atom is 0.425 e. The number of carbonyl (C=O) groups is 2. The molecule has 0 heterocycles. The summed E-state index contributed by atoms with van der Waals surface area (Å²) in [6, 6.07) is 19.6. The van der Waals surface area contributed by atoms with Gasteiger partial charge in [0.25, 0.3) is 0 Å². The van der Waals surface area contributed by atoms with Crippen molar-refractivity contribution in [1.29, 1.82) is 0 Å². The minimum Gasteiger partial charge on any atom is -0.465 e. The van der Waals surface area contributed by atoms with E-state index in [1.54, 1.807) is 31.4 Å². The van der Waals surface area contributed by atoms with Crippen molar-refractivity contribution in [3.8, 4) is 22.6 Å². The molecule has 3 aromatic carbocycles. The maximum atomic E-state index is 13.6. The number of hydrogen-bond acceptors (Lipinski definition) is 7. The van der Waals surface area contributed by atoms with E-state index in [1.165, 1.54) is 24.3 Å². The highest BCUT2D eigenvalue weighted by molar-refractivity contribution is 5.96. The number of unbranched alkanes of at least 4 members (excludes halogenated alkanes) is 2. The van der Waals surface area contributed by atoms with E-state index in [-0.39, 0.29) is 36.0 Å². The Bertz CT molecular complexity index is 1310. The summed E-state index contributed by atoms with van der Waals surface area (Å²) in [6.07, 6.45) is -4.70. The lowest BCUT2D eigenvalue weighted by molar-refractivity contribution is -0.206. The predicted octanol–water partition coefficient (Wildman–Crippen LogP) is 8.41. The highest BCUT2D eigenvalue weighted by Crippen LogP contribution is 2.30. The largest absolute Gasteiger partial charge is 0.465 e. The van der Waals surface area contributed by atoms with E-state index in [2.05, 4.69) is 0 Å². The second-order valence-corrected chi connectivity index (χ2v) is 10.0. The van der Waals surface area contributed by atoms with Gasteiger partial charge in [-0.15, -0.1) is 0 Å². The van der Waals surface area contributed by atoms with Crippen molar-refractivity contribution in [1.82, 2.24) is 0 Å². The fourth-order valence-corrected chi connectivity index (χ4v) is 4.36. The lowest BCUT2D eigenvalue weighted by Gasteiger charge is -2.21. The van der Waals surface area contributed by atoms with Gasteiger partial charge in [0.2, 0.25) is 0 Å². The van der Waals surface area contributed by atoms with E-state index >= 15 is 0 Å². The van der Waals surface area contributed by atoms with Gasteiger partial charge in [-0.05, 0) is 73.7 Å². The molecule has 7 nitrogen and oxygen atoms in total. The van der Waals surface area contributed by atoms with Gasteiger partial charge in [-0.3, -0.25) is 0 Å². The van der Waals surface area contributed by atoms with Crippen LogP contribution in [0.15, 0.2) is 72.8 Å². The molecular weight excluding hydrogens is 577 g/mol. The van der Waals surface area contributed by atoms with Crippen LogP contribution in [-0.2, 0) is 14.2 Å². The lowest BCUT2D eigenvalue weighted by atomic mass is 10.0. The van der Waals surface area contributed by atoms with Crippen molar-refractivity contribution in [3.63, 3.8) is 0 Å². The van der Waals surface area contributed by atoms with Crippen LogP contribution >= 0.6 is 0 Å². The van der Waals surface area contributed by atoms with E-state index in [9.17, 15) is 22.8 Å². The van der Waals surface area contributed by atoms with Crippen LogP contribution in [0.25, 0.3) is 11.1 Å². The molecule has 10 heteroatoms. The van der Waals surface area contributed by atoms with Gasteiger partial charge in [0.15, 0.2) is 12.4 Å². The summed E-state index contributed by atoms with van der Waals surface area (Å²) in [5.41, 5.74) is 1.65. The average molecular weight is 617 g/mol. The molecule has 0 aliphatic carbocycles. The summed E-state index contributed by atoms with van der Waals surface area (Å²) in [4.78, 5) is 25.7. The first-order valence-electron chi connectivity index (χ1n) is 14.7. The Morgan fingerprint density at radius 3 is 2.07 bits per heavy atom. The first kappa shape index (κ1) is 34.6. The van der Waals surface area contributed by atoms with Crippen molar-refractivity contribution >= 4 is 11.9 Å². The number of esters is 2. The van der Waals surface area contributed by atoms with Crippen LogP contribution in [0.5, 0.6) is 11.5 Å². The molecule has 0 saturated carbocycles. The summed E-state index contributed by atoms with van der Waals surface area (Å²) < 4.78 is 67.5. The van der Waals surface area contributed by atoms with Gasteiger partial charge in [-0.1, -0.05) is 56.2 Å². The Morgan fingerprint density at radius 1 is 0.795 bits per heavy atom. The van der Waals surface area contributed by atoms with Gasteiger partial charge >= 0.3 is 18.1 Å². The second-order valence-electron chi connectivity index (χ2n) is 10.0. The Hall–Kier alpha value is -3.89. The standard InChI is InChI=1S/C34H39F3O7/c1-4-11-31(40-3)42-27-21-19-25(20-22-27)24-15-17-26(18-16-24)32(38)43-29-13-9-8-12-28(29)33(39)44-30(34(35,36)37)14-7-6-10-23-41-5-2/h8-9,12-13,15-22,30-31H,4-7,10-11,14,23H2,1-3H3. The molecule has 0 N–H and O–H groups in total. The molecule has 0 radical (unpaired) electrons. The van der Waals surface area contributed by atoms with E-state index < -0.39 is 24.2 Å². The predicted molar refractivity (Wildman–Crippen MR) is 160 cm³/mol. The molecular formula is C34H39F3O7. The third kappa shape index (κ3) is 10.7. The second kappa shape index (κ2) is 17.4. The zero-order chi connectivity index (χ0) is 32.0. The van der Waals surface area contributed by atoms with Crippen LogP contribution in [0.4, 0.5) is 13.2 Å². The minimum absolute atomic E-state index is 0.194. The third-order valence-corrected chi connectivity index (χ3v) is 6.75. The van der Waals surface area contributed by atoms with Gasteiger partial charge in [-0.2, -0.15) is 13.2 Å². The van der Waals surface area contributed by atoms with Crippen LogP contribution in [0, 0.1) is 0 Å². The topological polar surface area (TPSA) is 80.3 Å². The smallest absolute Gasteiger partial charge is 0.425 e. The van der Waals surface area contributed by atoms with Crippen molar-refractivity contribution in [3.05, 3.63) is 83.9 Å². The fraction of sp³-hybridized carbons (Fsp3) is 0.412. The Balaban J connectivity index is 1.63. The molecule has 0 aliphatic heterocycles. The van der Waals surface area contributed by atoms with E-state index in [4.69, 9.17) is 23.7 Å². The zero-order valence-electron chi connectivity index (χ0n) is 25.2. The summed E-state index contributed by atoms with van der Waals surface area (Å²) >= 11 is 0. The first-order valence-corrected chi connectivity index (χ1v) is 14.7. The average Bonchev–Trinajstić information content (AvgIpc) is 3.02. The van der Waals surface area contributed by atoms with Crippen LogP contribution in [0.2, 0.25) is 0 Å². The molecule has 44 heavy (non-hydrogen) atoms. The maximum absolute atomic E-state index is 13.6. The van der Waals surface area contributed by atoms with Crippen molar-refractivity contribution in [2.24, 2.45) is 0 Å². The molecule has 0 saturated heterocycles. The van der Waals surface area contributed by atoms with Crippen molar-refractivity contribution in [2.45, 2.75) is 70.9 Å². The number of ether oxygens (including phenoxy) is 5. The van der Waals surface area contributed by atoms with Gasteiger partial charge in [0, 0.05) is 26.7 Å². The number of para-hydroxylation sites is 1. The number of alkyl halides is 3. The summed E-state index contributed by atoms with van der Waals surface area (Å²) in [7, 11) is 1.60. The van der Waals surface area contributed by atoms with Crippen LogP contribution in [-0.4, -0.2) is 50.8 Å². The molecule has 2 unspecified atom stereocenters. The molecule has 0 aromatic heterocycles. The van der Waals surface area contributed by atoms with Crippen LogP contribution < -0.4 is 9.47 Å². The fourth-order valence-electron chi connectivity index (χ4n) is 4.36. The molecule has 0 amide bonds. The number of benzene rings is 3. The molecule has 238 valence electrons. The Morgan fingerprint density at radius 2 is 1.45 bits per heavy atom. The van der Waals surface area contributed by atoms with Gasteiger partial charge in [0.1, 0.15) is 17.1 Å². The molecule has 0 bridgehead atoms. The van der Waals surface area contributed by atoms with Crippen molar-refractivity contribution < 1.29 is 46.4 Å². The Labute approximate surface area is 256 Å². The minimum atomic E-state index is -4.74. The monoisotopic (exact) mass is 616 g/mol. The number of hydrogen-bond donors (Lipinski definition) is 0. The molecule has 0 fully saturated rings. The highest BCUT2D eigenvalue weighted by Gasteiger charge is 2.42. The quantitative estimate of drug-likeness (QED) is 0.0652. The molecule has 2 atom stereocenters. The van der Waals surface area contributed by atoms with Crippen LogP contribution in [0.1, 0.15) is 73.1 Å². The van der Waals surface area contributed by atoms with E-state index in [0.29, 0.717) is 31.8 Å². The lowest BCUT2D eigenvalue weighted by Crippen LogP contribution is -2.34. The number of methoxy groups -OCH3 is 1. The summed E-state index contributed by atoms with van der Waals surface area (Å²) in [5, 5.41) is 0. The molecule has 3 aromatic rings. The zero-order valence-corrected chi connectivity index (χ0v) is 25.2. The van der Waals surface area contributed by atoms with Crippen LogP contribution in [0.3, 0.4) is 0 Å². The Kier molecular flexibility index (Phi) is 13.7. The third-order valence-electron chi connectivity index (χ3n) is 6.75. The van der Waals surface area contributed by atoms with Gasteiger partial charge in [0.05, 0.1) is 5.56 Å². The SMILES string of the molecule is CCCC(OC)Oc1ccc(-c2ccc(C(=O)Oc3ccccc3C(=O)OC(CCCCCOCC)C(F)(F)F)cc2)cc1. The van der Waals surface area contributed by atoms with E-state index in [0.717, 1.165) is 24.0 Å². The number of carbonyl (C=O) groups excluding carboxylic acids is 2. The van der Waals surface area contributed by atoms with Gasteiger partial charge < -0.3 is 23.7 Å². The number of rotatable bonds is 17. The highest BCUT2D eigenvalue weighted by atomic mass is 19.4. The van der Waals surface area contributed by atoms with E-state index in [1.807, 2.05) is 38.1 Å². The first-order chi connectivity index (χ1) is 21.2. The molecule has 0 spiro atoms. The van der Waals surface area contributed by atoms with Gasteiger partial charge in [-0.25, -0.2) is 9.59 Å². The molecule has 3 rings (SSSR count). The number of halogens is 3. The summed E-state index contributed by atoms with van der Waals surface area (Å²) in [6.45, 7) is 4.89. The normalized spacial score (nSPS) is 12.8. The summed E-state index contributed by atoms with van der Waals surface area (Å²) in [5.74, 6) is -1.52. The van der Waals surface area contributed by atoms with Crippen molar-refractivity contribution in [2.75, 3.05) is 20.3 Å².